The number of rotatable bonds is 3. The average Bonchev–Trinajstić information content (AvgIpc) is 2.18. The van der Waals surface area contributed by atoms with Crippen LogP contribution in [-0.2, 0) is 4.79 Å². The zero-order chi connectivity index (χ0) is 11.5. The summed E-state index contributed by atoms with van der Waals surface area (Å²) in [6.45, 7) is 0. The normalized spacial score (nSPS) is 11.5. The zero-order valence-corrected chi connectivity index (χ0v) is 7.29. The van der Waals surface area contributed by atoms with Gasteiger partial charge in [-0.05, 0) is 12.1 Å². The molecule has 0 unspecified atom stereocenters. The smallest absolute Gasteiger partial charge is 0.402 e. The fraction of sp³-hybridized carbons (Fsp3) is 0.222. The number of carbonyl (C=O) groups is 1. The molecule has 0 heterocycles. The molecule has 0 N–H and O–H groups in total. The average molecular weight is 222 g/mol. The van der Waals surface area contributed by atoms with Crippen LogP contribution < -0.4 is 4.74 Å². The molecule has 0 aliphatic heterocycles. The van der Waals surface area contributed by atoms with E-state index in [4.69, 9.17) is 0 Å². The van der Waals surface area contributed by atoms with Crippen molar-refractivity contribution in [3.8, 4) is 5.75 Å². The van der Waals surface area contributed by atoms with Crippen molar-refractivity contribution >= 4 is 5.97 Å². The van der Waals surface area contributed by atoms with Gasteiger partial charge in [-0.15, -0.1) is 0 Å². The molecule has 2 nitrogen and oxygen atoms in total. The van der Waals surface area contributed by atoms with Gasteiger partial charge in [0.25, 0.3) is 0 Å². The molecular formula is C9H6F4O2. The second kappa shape index (κ2) is 4.29. The highest BCUT2D eigenvalue weighted by Gasteiger charge is 2.51. The van der Waals surface area contributed by atoms with Gasteiger partial charge in [0, 0.05) is 0 Å². The Morgan fingerprint density at radius 3 is 2.20 bits per heavy atom. The Kier molecular flexibility index (Phi) is 3.28. The minimum Gasteiger partial charge on any atom is -0.422 e. The van der Waals surface area contributed by atoms with Gasteiger partial charge in [-0.25, -0.2) is 13.6 Å². The minimum atomic E-state index is -4.78. The molecule has 1 aromatic carbocycles. The maximum Gasteiger partial charge on any atom is 0.402 e. The highest BCUT2D eigenvalue weighted by atomic mass is 19.3. The van der Waals surface area contributed by atoms with Crippen LogP contribution in [0.5, 0.6) is 5.75 Å². The largest absolute Gasteiger partial charge is 0.422 e. The lowest BCUT2D eigenvalue weighted by Crippen LogP contribution is -2.39. The molecule has 0 fully saturated rings. The van der Waals surface area contributed by atoms with E-state index < -0.39 is 18.3 Å². The number of halogens is 4. The van der Waals surface area contributed by atoms with Gasteiger partial charge in [0.2, 0.25) is 0 Å². The Morgan fingerprint density at radius 2 is 1.73 bits per heavy atom. The van der Waals surface area contributed by atoms with Crippen molar-refractivity contribution in [2.45, 2.75) is 12.3 Å². The minimum absolute atomic E-state index is 0.206. The molecule has 0 radical (unpaired) electrons. The number of ether oxygens (including phenoxy) is 1. The second-order valence-corrected chi connectivity index (χ2v) is 2.63. The Balaban J connectivity index is 2.72. The molecule has 0 aromatic heterocycles. The third-order valence-corrected chi connectivity index (χ3v) is 1.50. The zero-order valence-electron chi connectivity index (χ0n) is 7.29. The summed E-state index contributed by atoms with van der Waals surface area (Å²) in [4.78, 5) is 10.6. The molecule has 15 heavy (non-hydrogen) atoms. The Labute approximate surface area is 82.5 Å². The lowest BCUT2D eigenvalue weighted by Gasteiger charge is -2.13. The van der Waals surface area contributed by atoms with Crippen LogP contribution in [0.15, 0.2) is 30.3 Å². The fourth-order valence-corrected chi connectivity index (χ4v) is 0.753. The molecule has 0 aliphatic rings. The van der Waals surface area contributed by atoms with E-state index in [1.165, 1.54) is 24.3 Å². The first-order valence-electron chi connectivity index (χ1n) is 3.88. The summed E-state index contributed by atoms with van der Waals surface area (Å²) in [5, 5.41) is 0. The molecule has 1 rings (SSSR count). The maximum atomic E-state index is 12.4. The molecule has 82 valence electrons. The van der Waals surface area contributed by atoms with Gasteiger partial charge in [-0.1, -0.05) is 18.2 Å². The van der Waals surface area contributed by atoms with Gasteiger partial charge in [0.05, 0.1) is 0 Å². The van der Waals surface area contributed by atoms with Crippen LogP contribution in [0.4, 0.5) is 17.6 Å². The maximum absolute atomic E-state index is 12.4. The monoisotopic (exact) mass is 222 g/mol. The quantitative estimate of drug-likeness (QED) is 0.446. The number of para-hydroxylation sites is 1. The van der Waals surface area contributed by atoms with Gasteiger partial charge in [0.1, 0.15) is 5.75 Å². The number of hydrogen-bond donors (Lipinski definition) is 0. The molecule has 1 aromatic rings. The van der Waals surface area contributed by atoms with E-state index in [-0.39, 0.29) is 5.75 Å². The Bertz CT molecular complexity index is 337. The second-order valence-electron chi connectivity index (χ2n) is 2.63. The van der Waals surface area contributed by atoms with Crippen molar-refractivity contribution in [2.24, 2.45) is 0 Å². The van der Waals surface area contributed by atoms with Crippen molar-refractivity contribution in [1.29, 1.82) is 0 Å². The van der Waals surface area contributed by atoms with Crippen molar-refractivity contribution in [2.75, 3.05) is 0 Å². The summed E-state index contributed by atoms with van der Waals surface area (Å²) in [6.07, 6.45) is -4.08. The van der Waals surface area contributed by atoms with Gasteiger partial charge >= 0.3 is 18.3 Å². The Hall–Kier alpha value is -1.59. The first-order valence-corrected chi connectivity index (χ1v) is 3.88. The van der Waals surface area contributed by atoms with Crippen molar-refractivity contribution in [3.05, 3.63) is 30.3 Å². The van der Waals surface area contributed by atoms with Gasteiger partial charge in [0.15, 0.2) is 0 Å². The number of hydrogen-bond acceptors (Lipinski definition) is 2. The number of esters is 1. The molecular weight excluding hydrogens is 216 g/mol. The van der Waals surface area contributed by atoms with Crippen LogP contribution in [0.3, 0.4) is 0 Å². The molecule has 0 atom stereocenters. The van der Waals surface area contributed by atoms with E-state index in [9.17, 15) is 22.4 Å². The number of benzene rings is 1. The van der Waals surface area contributed by atoms with Crippen molar-refractivity contribution in [3.63, 3.8) is 0 Å². The van der Waals surface area contributed by atoms with Crippen molar-refractivity contribution < 1.29 is 27.1 Å². The topological polar surface area (TPSA) is 26.3 Å². The highest BCUT2D eigenvalue weighted by molar-refractivity contribution is 5.80. The summed E-state index contributed by atoms with van der Waals surface area (Å²) < 4.78 is 52.3. The number of alkyl halides is 4. The van der Waals surface area contributed by atoms with Crippen LogP contribution >= 0.6 is 0 Å². The van der Waals surface area contributed by atoms with Crippen LogP contribution in [0, 0.1) is 0 Å². The molecule has 0 saturated heterocycles. The first-order chi connectivity index (χ1) is 6.94. The van der Waals surface area contributed by atoms with E-state index >= 15 is 0 Å². The van der Waals surface area contributed by atoms with E-state index in [1.807, 2.05) is 0 Å². The SMILES string of the molecule is O=C(Oc1ccccc1)C(F)(F)C(F)F. The number of carbonyl (C=O) groups excluding carboxylic acids is 1. The summed E-state index contributed by atoms with van der Waals surface area (Å²) in [5.41, 5.74) is 0. The predicted molar refractivity (Wildman–Crippen MR) is 43.0 cm³/mol. The molecule has 0 amide bonds. The van der Waals surface area contributed by atoms with E-state index in [1.54, 1.807) is 6.07 Å². The molecule has 6 heteroatoms. The molecule has 0 bridgehead atoms. The van der Waals surface area contributed by atoms with E-state index in [2.05, 4.69) is 4.74 Å². The fourth-order valence-electron chi connectivity index (χ4n) is 0.753. The van der Waals surface area contributed by atoms with Crippen LogP contribution in [0.25, 0.3) is 0 Å². The molecule has 0 aliphatic carbocycles. The standard InChI is InChI=1S/C9H6F4O2/c10-7(11)9(12,13)8(14)15-6-4-2-1-3-5-6/h1-5,7H. The van der Waals surface area contributed by atoms with Gasteiger partial charge in [-0.3, -0.25) is 0 Å². The first kappa shape index (κ1) is 11.5. The summed E-state index contributed by atoms with van der Waals surface area (Å²) >= 11 is 0. The van der Waals surface area contributed by atoms with Crippen LogP contribution in [0.1, 0.15) is 0 Å². The molecule has 0 spiro atoms. The van der Waals surface area contributed by atoms with E-state index in [0.29, 0.717) is 0 Å². The summed E-state index contributed by atoms with van der Waals surface area (Å²) in [5.74, 6) is -7.25. The van der Waals surface area contributed by atoms with Crippen molar-refractivity contribution in [1.82, 2.24) is 0 Å². The van der Waals surface area contributed by atoms with E-state index in [0.717, 1.165) is 0 Å². The Morgan fingerprint density at radius 1 is 1.20 bits per heavy atom. The lowest BCUT2D eigenvalue weighted by molar-refractivity contribution is -0.184. The predicted octanol–water partition coefficient (Wildman–Crippen LogP) is 2.49. The molecule has 0 saturated carbocycles. The highest BCUT2D eigenvalue weighted by Crippen LogP contribution is 2.25. The third kappa shape index (κ3) is 2.68. The van der Waals surface area contributed by atoms with Gasteiger partial charge in [-0.2, -0.15) is 8.78 Å². The third-order valence-electron chi connectivity index (χ3n) is 1.50. The summed E-state index contributed by atoms with van der Waals surface area (Å²) in [7, 11) is 0. The van der Waals surface area contributed by atoms with Crippen LogP contribution in [0.2, 0.25) is 0 Å². The summed E-state index contributed by atoms with van der Waals surface area (Å²) in [6, 6.07) is 6.81. The van der Waals surface area contributed by atoms with Crippen LogP contribution in [-0.4, -0.2) is 18.3 Å². The van der Waals surface area contributed by atoms with Gasteiger partial charge < -0.3 is 4.74 Å². The lowest BCUT2D eigenvalue weighted by atomic mass is 10.3.